The minimum atomic E-state index is 0.403. The lowest BCUT2D eigenvalue weighted by Crippen LogP contribution is -2.44. The van der Waals surface area contributed by atoms with Gasteiger partial charge in [-0.25, -0.2) is 0 Å². The van der Waals surface area contributed by atoms with E-state index in [1.54, 1.807) is 0 Å². The molecule has 0 aliphatic carbocycles. The topological polar surface area (TPSA) is 15.3 Å². The highest BCUT2D eigenvalue weighted by Crippen LogP contribution is 2.22. The zero-order chi connectivity index (χ0) is 14.2. The van der Waals surface area contributed by atoms with Gasteiger partial charge in [-0.05, 0) is 30.2 Å². The van der Waals surface area contributed by atoms with Crippen molar-refractivity contribution < 1.29 is 0 Å². The molecule has 0 bridgehead atoms. The summed E-state index contributed by atoms with van der Waals surface area (Å²) in [6, 6.07) is 0. The second kappa shape index (κ2) is 8.92. The molecule has 18 heavy (non-hydrogen) atoms. The maximum absolute atomic E-state index is 3.53. The average molecular weight is 256 g/mol. The van der Waals surface area contributed by atoms with Crippen LogP contribution >= 0.6 is 0 Å². The lowest BCUT2D eigenvalue weighted by Gasteiger charge is -2.37. The van der Waals surface area contributed by atoms with Gasteiger partial charge >= 0.3 is 0 Å². The largest absolute Gasteiger partial charge is 0.316 e. The molecule has 0 radical (unpaired) electrons. The van der Waals surface area contributed by atoms with Crippen LogP contribution < -0.4 is 5.32 Å². The summed E-state index contributed by atoms with van der Waals surface area (Å²) in [6.07, 6.45) is 1.24. The van der Waals surface area contributed by atoms with Gasteiger partial charge in [0, 0.05) is 26.2 Å². The van der Waals surface area contributed by atoms with Crippen LogP contribution in [-0.2, 0) is 0 Å². The second-order valence-corrected chi connectivity index (χ2v) is 6.93. The molecule has 110 valence electrons. The Kier molecular flexibility index (Phi) is 8.89. The summed E-state index contributed by atoms with van der Waals surface area (Å²) in [7, 11) is 0. The summed E-state index contributed by atoms with van der Waals surface area (Å²) in [5.41, 5.74) is 0.403. The van der Waals surface area contributed by atoms with Crippen LogP contribution in [0.15, 0.2) is 0 Å². The molecular formula is C16H36N2. The third-order valence-electron chi connectivity index (χ3n) is 3.51. The van der Waals surface area contributed by atoms with Gasteiger partial charge in [-0.15, -0.1) is 0 Å². The molecule has 1 N–H and O–H groups in total. The molecule has 0 aromatic heterocycles. The second-order valence-electron chi connectivity index (χ2n) is 6.93. The molecule has 0 rings (SSSR count). The molecule has 2 nitrogen and oxygen atoms in total. The molecule has 0 aliphatic rings. The minimum absolute atomic E-state index is 0.403. The van der Waals surface area contributed by atoms with E-state index in [2.05, 4.69) is 58.7 Å². The Balaban J connectivity index is 4.48. The predicted molar refractivity (Wildman–Crippen MR) is 83.1 cm³/mol. The molecule has 0 fully saturated rings. The quantitative estimate of drug-likeness (QED) is 0.642. The Morgan fingerprint density at radius 2 is 1.50 bits per heavy atom. The Morgan fingerprint density at radius 1 is 1.00 bits per heavy atom. The van der Waals surface area contributed by atoms with Crippen molar-refractivity contribution in [3.63, 3.8) is 0 Å². The van der Waals surface area contributed by atoms with Crippen LogP contribution in [0.5, 0.6) is 0 Å². The number of rotatable bonds is 10. The number of nitrogens with one attached hydrogen (secondary N) is 1. The summed E-state index contributed by atoms with van der Waals surface area (Å²) < 4.78 is 0. The number of hydrogen-bond acceptors (Lipinski definition) is 2. The lowest BCUT2D eigenvalue weighted by molar-refractivity contribution is 0.130. The van der Waals surface area contributed by atoms with Crippen LogP contribution in [0.1, 0.15) is 54.9 Å². The van der Waals surface area contributed by atoms with Gasteiger partial charge in [0.05, 0.1) is 0 Å². The van der Waals surface area contributed by atoms with Crippen LogP contribution in [0.3, 0.4) is 0 Å². The first-order valence-electron chi connectivity index (χ1n) is 7.76. The van der Waals surface area contributed by atoms with Crippen molar-refractivity contribution in [3.05, 3.63) is 0 Å². The minimum Gasteiger partial charge on any atom is -0.316 e. The Morgan fingerprint density at radius 3 is 1.83 bits per heavy atom. The molecule has 0 heterocycles. The maximum Gasteiger partial charge on any atom is 0.00476 e. The molecule has 0 saturated heterocycles. The fourth-order valence-corrected chi connectivity index (χ4v) is 2.50. The predicted octanol–water partition coefficient (Wildman–Crippen LogP) is 3.63. The molecule has 0 saturated carbocycles. The first-order chi connectivity index (χ1) is 8.33. The monoisotopic (exact) mass is 256 g/mol. The highest BCUT2D eigenvalue weighted by atomic mass is 15.1. The molecule has 0 aromatic rings. The third kappa shape index (κ3) is 8.10. The number of hydrogen-bond donors (Lipinski definition) is 1. The molecular weight excluding hydrogens is 220 g/mol. The van der Waals surface area contributed by atoms with Crippen molar-refractivity contribution in [2.24, 2.45) is 17.3 Å². The Hall–Kier alpha value is -0.0800. The Labute approximate surface area is 116 Å². The zero-order valence-electron chi connectivity index (χ0n) is 13.8. The zero-order valence-corrected chi connectivity index (χ0v) is 13.8. The highest BCUT2D eigenvalue weighted by molar-refractivity contribution is 4.80. The fourth-order valence-electron chi connectivity index (χ4n) is 2.50. The van der Waals surface area contributed by atoms with Crippen LogP contribution in [0.2, 0.25) is 0 Å². The van der Waals surface area contributed by atoms with Crippen LogP contribution in [0.4, 0.5) is 0 Å². The van der Waals surface area contributed by atoms with Gasteiger partial charge in [0.2, 0.25) is 0 Å². The van der Waals surface area contributed by atoms with E-state index in [-0.39, 0.29) is 0 Å². The van der Waals surface area contributed by atoms with Gasteiger partial charge in [-0.2, -0.15) is 0 Å². The first-order valence-corrected chi connectivity index (χ1v) is 7.76. The van der Waals surface area contributed by atoms with E-state index in [0.717, 1.165) is 24.9 Å². The van der Waals surface area contributed by atoms with Gasteiger partial charge < -0.3 is 10.2 Å². The average Bonchev–Trinajstić information content (AvgIpc) is 2.24. The van der Waals surface area contributed by atoms with Crippen molar-refractivity contribution in [1.82, 2.24) is 10.2 Å². The summed E-state index contributed by atoms with van der Waals surface area (Å²) in [6.45, 7) is 22.1. The lowest BCUT2D eigenvalue weighted by atomic mass is 9.86. The van der Waals surface area contributed by atoms with Gasteiger partial charge in [0.25, 0.3) is 0 Å². The first kappa shape index (κ1) is 17.9. The van der Waals surface area contributed by atoms with E-state index in [1.807, 2.05) is 0 Å². The van der Waals surface area contributed by atoms with Gasteiger partial charge in [-0.1, -0.05) is 48.5 Å². The Bertz CT molecular complexity index is 191. The molecule has 1 atom stereocenters. The maximum atomic E-state index is 3.53. The molecule has 1 unspecified atom stereocenters. The van der Waals surface area contributed by atoms with E-state index in [0.29, 0.717) is 5.41 Å². The smallest absolute Gasteiger partial charge is 0.00476 e. The van der Waals surface area contributed by atoms with Crippen molar-refractivity contribution >= 4 is 0 Å². The van der Waals surface area contributed by atoms with Crippen molar-refractivity contribution in [2.45, 2.75) is 54.9 Å². The fraction of sp³-hybridized carbons (Fsp3) is 1.00. The van der Waals surface area contributed by atoms with Crippen molar-refractivity contribution in [3.8, 4) is 0 Å². The highest BCUT2D eigenvalue weighted by Gasteiger charge is 2.25. The van der Waals surface area contributed by atoms with Gasteiger partial charge in [0.15, 0.2) is 0 Å². The summed E-state index contributed by atoms with van der Waals surface area (Å²) in [5, 5.41) is 3.53. The van der Waals surface area contributed by atoms with Crippen molar-refractivity contribution in [1.29, 1.82) is 0 Å². The van der Waals surface area contributed by atoms with E-state index >= 15 is 0 Å². The number of nitrogens with zero attached hydrogens (tertiary/aromatic N) is 1. The van der Waals surface area contributed by atoms with Gasteiger partial charge in [-0.3, -0.25) is 0 Å². The van der Waals surface area contributed by atoms with Crippen LogP contribution in [0.25, 0.3) is 0 Å². The van der Waals surface area contributed by atoms with Crippen LogP contribution in [-0.4, -0.2) is 37.6 Å². The molecule has 0 aromatic carbocycles. The third-order valence-corrected chi connectivity index (χ3v) is 3.51. The molecule has 0 spiro atoms. The van der Waals surface area contributed by atoms with E-state index in [1.165, 1.54) is 26.1 Å². The molecule has 2 heteroatoms. The normalized spacial score (nSPS) is 15.7. The molecule has 0 amide bonds. The van der Waals surface area contributed by atoms with Crippen molar-refractivity contribution in [2.75, 3.05) is 32.7 Å². The molecule has 0 aliphatic heterocycles. The summed E-state index contributed by atoms with van der Waals surface area (Å²) >= 11 is 0. The van der Waals surface area contributed by atoms with Crippen LogP contribution in [0, 0.1) is 17.3 Å². The van der Waals surface area contributed by atoms with Gasteiger partial charge in [0.1, 0.15) is 0 Å². The SMILES string of the molecule is CCNCC(C)(CC)CN(CC(C)C)CC(C)C. The summed E-state index contributed by atoms with van der Waals surface area (Å²) in [4.78, 5) is 2.66. The summed E-state index contributed by atoms with van der Waals surface area (Å²) in [5.74, 6) is 1.51. The van der Waals surface area contributed by atoms with E-state index < -0.39 is 0 Å². The van der Waals surface area contributed by atoms with E-state index in [9.17, 15) is 0 Å². The standard InChI is InChI=1S/C16H36N2/c1-8-16(7,12-17-9-2)13-18(10-14(3)4)11-15(5)6/h14-15,17H,8-13H2,1-7H3. The van der Waals surface area contributed by atoms with E-state index in [4.69, 9.17) is 0 Å².